The zero-order valence-corrected chi connectivity index (χ0v) is 15.0. The molecule has 1 saturated carbocycles. The largest absolute Gasteiger partial charge is 0.481 e. The molecule has 6 nitrogen and oxygen atoms in total. The molecule has 1 aromatic carbocycles. The van der Waals surface area contributed by atoms with Crippen molar-refractivity contribution < 1.29 is 29.3 Å². The molecule has 140 valence electrons. The van der Waals surface area contributed by atoms with Gasteiger partial charge in [-0.3, -0.25) is 14.4 Å². The highest BCUT2D eigenvalue weighted by molar-refractivity contribution is 5.77. The number of aryl methyl sites for hydroxylation is 1. The summed E-state index contributed by atoms with van der Waals surface area (Å²) in [5, 5.41) is 19.1. The molecule has 0 aromatic heterocycles. The summed E-state index contributed by atoms with van der Waals surface area (Å²) < 4.78 is 5.16. The fourth-order valence-electron chi connectivity index (χ4n) is 4.94. The molecule has 2 aliphatic rings. The highest BCUT2D eigenvalue weighted by Gasteiger charge is 2.52. The first-order valence-corrected chi connectivity index (χ1v) is 8.99. The molecule has 1 aromatic rings. The molecule has 3 rings (SSSR count). The summed E-state index contributed by atoms with van der Waals surface area (Å²) in [6.07, 6.45) is 2.56. The van der Waals surface area contributed by atoms with Gasteiger partial charge >= 0.3 is 17.9 Å². The van der Waals surface area contributed by atoms with Crippen LogP contribution in [0, 0.1) is 17.3 Å². The summed E-state index contributed by atoms with van der Waals surface area (Å²) in [5.74, 6) is -1.90. The molecule has 4 atom stereocenters. The zero-order valence-electron chi connectivity index (χ0n) is 15.0. The Morgan fingerprint density at radius 2 is 1.96 bits per heavy atom. The molecule has 0 heterocycles. The van der Waals surface area contributed by atoms with Crippen molar-refractivity contribution in [3.63, 3.8) is 0 Å². The quantitative estimate of drug-likeness (QED) is 0.631. The van der Waals surface area contributed by atoms with Gasteiger partial charge in [0.25, 0.3) is 0 Å². The van der Waals surface area contributed by atoms with Crippen molar-refractivity contribution in [2.45, 2.75) is 51.9 Å². The van der Waals surface area contributed by atoms with Crippen molar-refractivity contribution in [2.24, 2.45) is 17.3 Å². The Hall–Kier alpha value is -2.37. The van der Waals surface area contributed by atoms with E-state index >= 15 is 0 Å². The molecule has 0 bridgehead atoms. The molecule has 0 amide bonds. The van der Waals surface area contributed by atoms with E-state index in [1.54, 1.807) is 13.0 Å². The van der Waals surface area contributed by atoms with Gasteiger partial charge in [0.05, 0.1) is 5.41 Å². The highest BCUT2D eigenvalue weighted by atomic mass is 16.5. The number of carbonyl (C=O) groups excluding carboxylic acids is 1. The Labute approximate surface area is 152 Å². The monoisotopic (exact) mass is 360 g/mol. The minimum absolute atomic E-state index is 0.0352. The topological polar surface area (TPSA) is 101 Å². The molecule has 6 heteroatoms. The van der Waals surface area contributed by atoms with E-state index in [4.69, 9.17) is 4.74 Å². The molecule has 26 heavy (non-hydrogen) atoms. The summed E-state index contributed by atoms with van der Waals surface area (Å²) in [6.45, 7) is 3.05. The minimum Gasteiger partial charge on any atom is -0.481 e. The number of carbonyl (C=O) groups is 3. The Morgan fingerprint density at radius 1 is 1.23 bits per heavy atom. The lowest BCUT2D eigenvalue weighted by molar-refractivity contribution is -0.159. The molecule has 0 radical (unpaired) electrons. The Morgan fingerprint density at radius 3 is 2.58 bits per heavy atom. The van der Waals surface area contributed by atoms with Gasteiger partial charge in [0.15, 0.2) is 0 Å². The van der Waals surface area contributed by atoms with Crippen LogP contribution in [-0.4, -0.2) is 28.1 Å². The Kier molecular flexibility index (Phi) is 4.78. The molecule has 0 saturated heterocycles. The van der Waals surface area contributed by atoms with Gasteiger partial charge < -0.3 is 14.9 Å². The third-order valence-corrected chi connectivity index (χ3v) is 6.23. The summed E-state index contributed by atoms with van der Waals surface area (Å²) in [5.41, 5.74) is 1.24. The van der Waals surface area contributed by atoms with E-state index in [1.165, 1.54) is 6.92 Å². The second kappa shape index (κ2) is 6.74. The lowest BCUT2D eigenvalue weighted by Gasteiger charge is -2.49. The summed E-state index contributed by atoms with van der Waals surface area (Å²) in [7, 11) is 0. The predicted molar refractivity (Wildman–Crippen MR) is 93.0 cm³/mol. The third kappa shape index (κ3) is 3.20. The number of carboxylic acid groups (broad SMARTS) is 2. The first-order valence-electron chi connectivity index (χ1n) is 8.99. The molecule has 0 aliphatic heterocycles. The Bertz CT molecular complexity index is 755. The fraction of sp³-hybridized carbons (Fsp3) is 0.550. The van der Waals surface area contributed by atoms with Crippen LogP contribution >= 0.6 is 0 Å². The van der Waals surface area contributed by atoms with Crippen LogP contribution in [0.4, 0.5) is 0 Å². The van der Waals surface area contributed by atoms with E-state index in [-0.39, 0.29) is 24.2 Å². The first kappa shape index (κ1) is 18.4. The standard InChI is InChI=1S/C20H24O6/c1-11(21)26-13-4-6-14-12(9-13)3-5-16-15(14)7-8-20(2,19(24)25)17(16)10-18(22)23/h4,6,9,15-17H,3,5,7-8,10H2,1-2H3,(H,22,23)(H,24,25). The van der Waals surface area contributed by atoms with Crippen LogP contribution < -0.4 is 4.74 Å². The molecule has 2 aliphatic carbocycles. The molecule has 2 N–H and O–H groups in total. The maximum absolute atomic E-state index is 11.9. The lowest BCUT2D eigenvalue weighted by atomic mass is 9.54. The minimum atomic E-state index is -1.01. The number of rotatable bonds is 4. The number of benzene rings is 1. The fourth-order valence-corrected chi connectivity index (χ4v) is 4.94. The van der Waals surface area contributed by atoms with E-state index in [9.17, 15) is 24.6 Å². The number of carboxylic acids is 2. The van der Waals surface area contributed by atoms with E-state index in [2.05, 4.69) is 0 Å². The van der Waals surface area contributed by atoms with Crippen LogP contribution in [0.3, 0.4) is 0 Å². The highest BCUT2D eigenvalue weighted by Crippen LogP contribution is 2.56. The van der Waals surface area contributed by atoms with Crippen molar-refractivity contribution in [1.29, 1.82) is 0 Å². The SMILES string of the molecule is CC(=O)Oc1ccc2c(c1)CCC1C2CCC(C)(C(=O)O)C1CC(=O)O. The van der Waals surface area contributed by atoms with Gasteiger partial charge in [0.1, 0.15) is 5.75 Å². The smallest absolute Gasteiger partial charge is 0.309 e. The maximum atomic E-state index is 11.9. The molecular weight excluding hydrogens is 336 g/mol. The normalized spacial score (nSPS) is 30.0. The van der Waals surface area contributed by atoms with Crippen molar-refractivity contribution in [1.82, 2.24) is 0 Å². The van der Waals surface area contributed by atoms with E-state index < -0.39 is 23.3 Å². The number of ether oxygens (including phenoxy) is 1. The van der Waals surface area contributed by atoms with Gasteiger partial charge in [-0.15, -0.1) is 0 Å². The number of hydrogen-bond donors (Lipinski definition) is 2. The number of esters is 1. The average molecular weight is 360 g/mol. The molecule has 4 unspecified atom stereocenters. The number of fused-ring (bicyclic) bond motifs is 3. The third-order valence-electron chi connectivity index (χ3n) is 6.23. The maximum Gasteiger partial charge on any atom is 0.309 e. The summed E-state index contributed by atoms with van der Waals surface area (Å²) >= 11 is 0. The van der Waals surface area contributed by atoms with E-state index in [1.807, 2.05) is 12.1 Å². The van der Waals surface area contributed by atoms with Gasteiger partial charge in [0, 0.05) is 13.3 Å². The van der Waals surface area contributed by atoms with Crippen LogP contribution in [0.15, 0.2) is 18.2 Å². The first-order chi connectivity index (χ1) is 12.2. The van der Waals surface area contributed by atoms with Crippen LogP contribution in [0.25, 0.3) is 0 Å². The molecular formula is C20H24O6. The second-order valence-electron chi connectivity index (χ2n) is 7.73. The average Bonchev–Trinajstić information content (AvgIpc) is 2.55. The van der Waals surface area contributed by atoms with Gasteiger partial charge in [-0.05, 0) is 73.6 Å². The van der Waals surface area contributed by atoms with Crippen LogP contribution in [0.2, 0.25) is 0 Å². The summed E-state index contributed by atoms with van der Waals surface area (Å²) in [4.78, 5) is 34.5. The Balaban J connectivity index is 1.94. The van der Waals surface area contributed by atoms with Crippen LogP contribution in [0.5, 0.6) is 5.75 Å². The van der Waals surface area contributed by atoms with Gasteiger partial charge in [-0.2, -0.15) is 0 Å². The number of hydrogen-bond acceptors (Lipinski definition) is 4. The lowest BCUT2D eigenvalue weighted by Crippen LogP contribution is -2.47. The predicted octanol–water partition coefficient (Wildman–Crippen LogP) is 3.23. The van der Waals surface area contributed by atoms with Crippen LogP contribution in [0.1, 0.15) is 56.6 Å². The van der Waals surface area contributed by atoms with Gasteiger partial charge in [0.2, 0.25) is 0 Å². The van der Waals surface area contributed by atoms with Crippen molar-refractivity contribution in [2.75, 3.05) is 0 Å². The number of aliphatic carboxylic acids is 2. The second-order valence-corrected chi connectivity index (χ2v) is 7.73. The van der Waals surface area contributed by atoms with E-state index in [0.717, 1.165) is 30.4 Å². The van der Waals surface area contributed by atoms with Gasteiger partial charge in [-0.1, -0.05) is 6.07 Å². The molecule has 0 spiro atoms. The van der Waals surface area contributed by atoms with Gasteiger partial charge in [-0.25, -0.2) is 0 Å². The van der Waals surface area contributed by atoms with E-state index in [0.29, 0.717) is 12.2 Å². The van der Waals surface area contributed by atoms with Crippen molar-refractivity contribution in [3.05, 3.63) is 29.3 Å². The summed E-state index contributed by atoms with van der Waals surface area (Å²) in [6, 6.07) is 5.59. The van der Waals surface area contributed by atoms with Crippen LogP contribution in [-0.2, 0) is 20.8 Å². The van der Waals surface area contributed by atoms with Crippen molar-refractivity contribution in [3.8, 4) is 5.75 Å². The molecule has 1 fully saturated rings. The van der Waals surface area contributed by atoms with Crippen molar-refractivity contribution >= 4 is 17.9 Å². The zero-order chi connectivity index (χ0) is 19.1.